The zero-order valence-electron chi connectivity index (χ0n) is 13.2. The Kier molecular flexibility index (Phi) is 4.24. The lowest BCUT2D eigenvalue weighted by atomic mass is 10.1. The number of carbonyl (C=O) groups is 1. The number of para-hydroxylation sites is 1. The van der Waals surface area contributed by atoms with Gasteiger partial charge in [0.1, 0.15) is 11.3 Å². The van der Waals surface area contributed by atoms with E-state index in [9.17, 15) is 4.79 Å². The molecule has 0 saturated heterocycles. The molecule has 3 rings (SSSR count). The van der Waals surface area contributed by atoms with E-state index in [1.807, 2.05) is 50.2 Å². The summed E-state index contributed by atoms with van der Waals surface area (Å²) >= 11 is 0. The Morgan fingerprint density at radius 2 is 1.91 bits per heavy atom. The maximum absolute atomic E-state index is 12.1. The van der Waals surface area contributed by atoms with Crippen LogP contribution in [0.1, 0.15) is 34.2 Å². The van der Waals surface area contributed by atoms with Crippen molar-refractivity contribution in [1.82, 2.24) is 5.43 Å². The molecule has 0 aliphatic heterocycles. The third-order valence-electron chi connectivity index (χ3n) is 3.71. The van der Waals surface area contributed by atoms with Crippen molar-refractivity contribution in [3.05, 3.63) is 71.0 Å². The molecule has 1 amide bonds. The van der Waals surface area contributed by atoms with Crippen LogP contribution in [0.2, 0.25) is 0 Å². The van der Waals surface area contributed by atoms with Crippen molar-refractivity contribution in [2.75, 3.05) is 0 Å². The zero-order chi connectivity index (χ0) is 16.2. The first-order chi connectivity index (χ1) is 11.2. The lowest BCUT2D eigenvalue weighted by Gasteiger charge is -2.00. The summed E-state index contributed by atoms with van der Waals surface area (Å²) < 4.78 is 5.80. The number of carbonyl (C=O) groups excluding carboxylic acids is 1. The number of hydrogen-bond donors (Lipinski definition) is 1. The molecule has 1 aromatic heterocycles. The molecule has 0 bridgehead atoms. The molecule has 0 atom stereocenters. The summed E-state index contributed by atoms with van der Waals surface area (Å²) in [6.07, 6.45) is 2.42. The van der Waals surface area contributed by atoms with Gasteiger partial charge in [0.05, 0.1) is 6.21 Å². The Hall–Kier alpha value is -2.88. The van der Waals surface area contributed by atoms with Crippen molar-refractivity contribution in [3.63, 3.8) is 0 Å². The van der Waals surface area contributed by atoms with Crippen LogP contribution in [-0.2, 0) is 6.42 Å². The fourth-order valence-corrected chi connectivity index (χ4v) is 2.45. The summed E-state index contributed by atoms with van der Waals surface area (Å²) in [6, 6.07) is 15.2. The van der Waals surface area contributed by atoms with Crippen LogP contribution in [0.4, 0.5) is 0 Å². The van der Waals surface area contributed by atoms with E-state index in [1.165, 1.54) is 0 Å². The monoisotopic (exact) mass is 306 g/mol. The van der Waals surface area contributed by atoms with Crippen LogP contribution in [0, 0.1) is 6.92 Å². The molecular formula is C19H18N2O2. The molecule has 4 nitrogen and oxygen atoms in total. The first-order valence-corrected chi connectivity index (χ1v) is 7.59. The van der Waals surface area contributed by atoms with Gasteiger partial charge < -0.3 is 4.42 Å². The lowest BCUT2D eigenvalue weighted by molar-refractivity contribution is 0.0955. The minimum absolute atomic E-state index is 0.230. The van der Waals surface area contributed by atoms with E-state index in [0.29, 0.717) is 5.56 Å². The molecule has 0 saturated carbocycles. The second kappa shape index (κ2) is 6.48. The summed E-state index contributed by atoms with van der Waals surface area (Å²) in [6.45, 7) is 4.01. The highest BCUT2D eigenvalue weighted by atomic mass is 16.3. The molecule has 1 N–H and O–H groups in total. The van der Waals surface area contributed by atoms with Gasteiger partial charge in [-0.2, -0.15) is 5.10 Å². The van der Waals surface area contributed by atoms with E-state index in [2.05, 4.69) is 10.5 Å². The van der Waals surface area contributed by atoms with Gasteiger partial charge in [-0.1, -0.05) is 42.8 Å². The highest BCUT2D eigenvalue weighted by molar-refractivity contribution is 6.00. The summed E-state index contributed by atoms with van der Waals surface area (Å²) in [5.74, 6) is 0.631. The minimum atomic E-state index is -0.230. The predicted octanol–water partition coefficient (Wildman–Crippen LogP) is 4.07. The molecule has 2 aromatic carbocycles. The van der Waals surface area contributed by atoms with Crippen molar-refractivity contribution in [2.45, 2.75) is 20.3 Å². The highest BCUT2D eigenvalue weighted by Gasteiger charge is 2.10. The molecule has 0 radical (unpaired) electrons. The average molecular weight is 306 g/mol. The molecule has 0 unspecified atom stereocenters. The fourth-order valence-electron chi connectivity index (χ4n) is 2.45. The molecule has 116 valence electrons. The maximum Gasteiger partial charge on any atom is 0.271 e. The number of benzene rings is 2. The van der Waals surface area contributed by atoms with Crippen LogP contribution in [0.5, 0.6) is 0 Å². The van der Waals surface area contributed by atoms with Gasteiger partial charge in [-0.3, -0.25) is 4.79 Å². The van der Waals surface area contributed by atoms with Crippen LogP contribution in [0.3, 0.4) is 0 Å². The molecule has 0 aliphatic rings. The lowest BCUT2D eigenvalue weighted by Crippen LogP contribution is -2.17. The van der Waals surface area contributed by atoms with Crippen molar-refractivity contribution < 1.29 is 9.21 Å². The van der Waals surface area contributed by atoms with Gasteiger partial charge in [0.2, 0.25) is 0 Å². The Bertz CT molecular complexity index is 861. The SMILES string of the molecule is CCc1oc2ccccc2c1/C=N\NC(=O)c1ccc(C)cc1. The van der Waals surface area contributed by atoms with Crippen molar-refractivity contribution >= 4 is 23.1 Å². The van der Waals surface area contributed by atoms with E-state index in [4.69, 9.17) is 4.42 Å². The smallest absolute Gasteiger partial charge is 0.271 e. The van der Waals surface area contributed by atoms with Gasteiger partial charge in [-0.05, 0) is 25.1 Å². The molecule has 1 heterocycles. The molecular weight excluding hydrogens is 288 g/mol. The number of nitrogens with one attached hydrogen (secondary N) is 1. The number of nitrogens with zero attached hydrogens (tertiary/aromatic N) is 1. The first kappa shape index (κ1) is 15.0. The Morgan fingerprint density at radius 3 is 2.65 bits per heavy atom. The Balaban J connectivity index is 1.80. The average Bonchev–Trinajstić information content (AvgIpc) is 2.93. The maximum atomic E-state index is 12.1. The summed E-state index contributed by atoms with van der Waals surface area (Å²) in [4.78, 5) is 12.1. The topological polar surface area (TPSA) is 54.6 Å². The van der Waals surface area contributed by atoms with Gasteiger partial charge in [0.15, 0.2) is 0 Å². The van der Waals surface area contributed by atoms with Crippen LogP contribution < -0.4 is 5.43 Å². The normalized spacial score (nSPS) is 11.2. The molecule has 4 heteroatoms. The number of hydrazone groups is 1. The van der Waals surface area contributed by atoms with Crippen LogP contribution in [0.25, 0.3) is 11.0 Å². The number of amides is 1. The van der Waals surface area contributed by atoms with Crippen molar-refractivity contribution in [2.24, 2.45) is 5.10 Å². The van der Waals surface area contributed by atoms with Gasteiger partial charge in [0, 0.05) is 22.9 Å². The fraction of sp³-hybridized carbons (Fsp3) is 0.158. The van der Waals surface area contributed by atoms with Gasteiger partial charge in [-0.15, -0.1) is 0 Å². The molecule has 0 aliphatic carbocycles. The summed E-state index contributed by atoms with van der Waals surface area (Å²) in [7, 11) is 0. The third-order valence-corrected chi connectivity index (χ3v) is 3.71. The molecule has 23 heavy (non-hydrogen) atoms. The standard InChI is InChI=1S/C19H18N2O2/c1-3-17-16(15-6-4-5-7-18(15)23-17)12-20-21-19(22)14-10-8-13(2)9-11-14/h4-12H,3H2,1-2H3,(H,21,22)/b20-12-. The van der Waals surface area contributed by atoms with Crippen molar-refractivity contribution in [1.29, 1.82) is 0 Å². The number of hydrogen-bond acceptors (Lipinski definition) is 3. The zero-order valence-corrected chi connectivity index (χ0v) is 13.2. The number of aryl methyl sites for hydroxylation is 2. The quantitative estimate of drug-likeness (QED) is 0.583. The summed E-state index contributed by atoms with van der Waals surface area (Å²) in [5, 5.41) is 5.08. The van der Waals surface area contributed by atoms with Gasteiger partial charge in [-0.25, -0.2) is 5.43 Å². The second-order valence-electron chi connectivity index (χ2n) is 5.35. The second-order valence-corrected chi connectivity index (χ2v) is 5.35. The van der Waals surface area contributed by atoms with Crippen LogP contribution in [0.15, 0.2) is 58.0 Å². The van der Waals surface area contributed by atoms with Crippen LogP contribution in [-0.4, -0.2) is 12.1 Å². The van der Waals surface area contributed by atoms with Crippen LogP contribution >= 0.6 is 0 Å². The Labute approximate surface area is 134 Å². The minimum Gasteiger partial charge on any atom is -0.460 e. The number of fused-ring (bicyclic) bond motifs is 1. The Morgan fingerprint density at radius 1 is 1.17 bits per heavy atom. The van der Waals surface area contributed by atoms with Crippen molar-refractivity contribution in [3.8, 4) is 0 Å². The van der Waals surface area contributed by atoms with Gasteiger partial charge in [0.25, 0.3) is 5.91 Å². The third kappa shape index (κ3) is 3.16. The predicted molar refractivity (Wildman–Crippen MR) is 91.8 cm³/mol. The van der Waals surface area contributed by atoms with Gasteiger partial charge >= 0.3 is 0 Å². The number of rotatable bonds is 4. The molecule has 0 fully saturated rings. The van der Waals surface area contributed by atoms with E-state index >= 15 is 0 Å². The van der Waals surface area contributed by atoms with E-state index < -0.39 is 0 Å². The largest absolute Gasteiger partial charge is 0.460 e. The number of furan rings is 1. The summed E-state index contributed by atoms with van der Waals surface area (Å²) in [5.41, 5.74) is 6.00. The first-order valence-electron chi connectivity index (χ1n) is 7.59. The molecule has 0 spiro atoms. The van der Waals surface area contributed by atoms with E-state index in [1.54, 1.807) is 18.3 Å². The molecule has 3 aromatic rings. The van der Waals surface area contributed by atoms with E-state index in [0.717, 1.165) is 34.3 Å². The van der Waals surface area contributed by atoms with E-state index in [-0.39, 0.29) is 5.91 Å². The highest BCUT2D eigenvalue weighted by Crippen LogP contribution is 2.24.